The molecule has 3 rings (SSSR count). The molecule has 0 bridgehead atoms. The van der Waals surface area contributed by atoms with Gasteiger partial charge in [0.2, 0.25) is 5.91 Å². The van der Waals surface area contributed by atoms with E-state index in [1.165, 1.54) is 4.90 Å². The lowest BCUT2D eigenvalue weighted by atomic mass is 9.98. The second-order valence-corrected chi connectivity index (χ2v) is 7.32. The molecule has 1 aliphatic heterocycles. The number of urea groups is 1. The summed E-state index contributed by atoms with van der Waals surface area (Å²) in [5.41, 5.74) is 0.0775. The Hall–Kier alpha value is -2.77. The van der Waals surface area contributed by atoms with Crippen molar-refractivity contribution in [3.63, 3.8) is 0 Å². The molecule has 1 unspecified atom stereocenters. The lowest BCUT2D eigenvalue weighted by Gasteiger charge is -2.20. The molecule has 4 amide bonds. The molecule has 8 nitrogen and oxygen atoms in total. The highest BCUT2D eigenvalue weighted by atomic mass is 16.5. The molecule has 152 valence electrons. The molecule has 28 heavy (non-hydrogen) atoms. The van der Waals surface area contributed by atoms with Crippen molar-refractivity contribution >= 4 is 17.8 Å². The van der Waals surface area contributed by atoms with Crippen molar-refractivity contribution in [2.75, 3.05) is 20.8 Å². The SMILES string of the molecule is COc1ccc(C(C)NC(=O)CCN2C(=O)NC3(CCCC3)C2=O)c(OC)c1. The molecule has 2 fully saturated rings. The molecule has 1 spiro atoms. The highest BCUT2D eigenvalue weighted by molar-refractivity contribution is 6.07. The van der Waals surface area contributed by atoms with Crippen LogP contribution in [-0.2, 0) is 9.59 Å². The van der Waals surface area contributed by atoms with Gasteiger partial charge in [-0.25, -0.2) is 4.79 Å². The number of carbonyl (C=O) groups excluding carboxylic acids is 3. The van der Waals surface area contributed by atoms with Gasteiger partial charge in [0.1, 0.15) is 17.0 Å². The van der Waals surface area contributed by atoms with Crippen LogP contribution in [0.3, 0.4) is 0 Å². The molecule has 1 saturated carbocycles. The van der Waals surface area contributed by atoms with Crippen LogP contribution in [0, 0.1) is 0 Å². The molecule has 0 aromatic heterocycles. The maximum atomic E-state index is 12.6. The van der Waals surface area contributed by atoms with Gasteiger partial charge in [0.15, 0.2) is 0 Å². The van der Waals surface area contributed by atoms with Gasteiger partial charge in [0, 0.05) is 24.6 Å². The first-order valence-corrected chi connectivity index (χ1v) is 9.55. The average Bonchev–Trinajstić information content (AvgIpc) is 3.25. The Labute approximate surface area is 164 Å². The Morgan fingerprint density at radius 1 is 1.25 bits per heavy atom. The summed E-state index contributed by atoms with van der Waals surface area (Å²) in [6.45, 7) is 1.92. The Balaban J connectivity index is 1.57. The van der Waals surface area contributed by atoms with Crippen LogP contribution < -0.4 is 20.1 Å². The summed E-state index contributed by atoms with van der Waals surface area (Å²) in [5, 5.41) is 5.72. The van der Waals surface area contributed by atoms with Crippen molar-refractivity contribution in [1.82, 2.24) is 15.5 Å². The normalized spacial score (nSPS) is 18.9. The zero-order valence-electron chi connectivity index (χ0n) is 16.5. The van der Waals surface area contributed by atoms with Gasteiger partial charge in [0.05, 0.1) is 20.3 Å². The topological polar surface area (TPSA) is 97.0 Å². The first-order valence-electron chi connectivity index (χ1n) is 9.55. The molecule has 1 aromatic carbocycles. The fraction of sp³-hybridized carbons (Fsp3) is 0.550. The summed E-state index contributed by atoms with van der Waals surface area (Å²) in [6.07, 6.45) is 3.27. The molecule has 0 radical (unpaired) electrons. The highest BCUT2D eigenvalue weighted by Gasteiger charge is 2.52. The number of hydrogen-bond acceptors (Lipinski definition) is 5. The third kappa shape index (κ3) is 3.76. The molecule has 1 aromatic rings. The monoisotopic (exact) mass is 389 g/mol. The van der Waals surface area contributed by atoms with E-state index in [0.717, 1.165) is 18.4 Å². The lowest BCUT2D eigenvalue weighted by Crippen LogP contribution is -2.44. The van der Waals surface area contributed by atoms with Crippen LogP contribution in [0.2, 0.25) is 0 Å². The van der Waals surface area contributed by atoms with Crippen LogP contribution in [0.1, 0.15) is 50.6 Å². The minimum atomic E-state index is -0.739. The standard InChI is InChI=1S/C20H27N3O5/c1-13(15-7-6-14(27-2)12-16(15)28-3)21-17(24)8-11-23-18(25)20(22-19(23)26)9-4-5-10-20/h6-7,12-13H,4-5,8-11H2,1-3H3,(H,21,24)(H,22,26). The van der Waals surface area contributed by atoms with Crippen molar-refractivity contribution in [3.05, 3.63) is 23.8 Å². The first kappa shape index (κ1) is 20.0. The number of rotatable bonds is 7. The summed E-state index contributed by atoms with van der Waals surface area (Å²) < 4.78 is 10.6. The molecule has 1 saturated heterocycles. The van der Waals surface area contributed by atoms with Crippen LogP contribution in [0.4, 0.5) is 4.79 Å². The minimum absolute atomic E-state index is 0.0536. The Kier molecular flexibility index (Phi) is 5.76. The summed E-state index contributed by atoms with van der Waals surface area (Å²) in [6, 6.07) is 4.70. The van der Waals surface area contributed by atoms with Crippen molar-refractivity contribution in [3.8, 4) is 11.5 Å². The third-order valence-electron chi connectivity index (χ3n) is 5.55. The van der Waals surface area contributed by atoms with E-state index in [4.69, 9.17) is 9.47 Å². The number of nitrogens with one attached hydrogen (secondary N) is 2. The van der Waals surface area contributed by atoms with E-state index in [-0.39, 0.29) is 30.8 Å². The average molecular weight is 389 g/mol. The lowest BCUT2D eigenvalue weighted by molar-refractivity contribution is -0.131. The summed E-state index contributed by atoms with van der Waals surface area (Å²) >= 11 is 0. The number of carbonyl (C=O) groups is 3. The van der Waals surface area contributed by atoms with E-state index >= 15 is 0 Å². The first-order chi connectivity index (χ1) is 13.4. The van der Waals surface area contributed by atoms with Gasteiger partial charge in [0.25, 0.3) is 5.91 Å². The Bertz CT molecular complexity index is 773. The van der Waals surface area contributed by atoms with E-state index in [1.807, 2.05) is 13.0 Å². The minimum Gasteiger partial charge on any atom is -0.497 e. The molecular weight excluding hydrogens is 362 g/mol. The fourth-order valence-corrected chi connectivity index (χ4v) is 3.98. The molecular formula is C20H27N3O5. The van der Waals surface area contributed by atoms with Crippen LogP contribution in [0.15, 0.2) is 18.2 Å². The number of imide groups is 1. The number of benzene rings is 1. The van der Waals surface area contributed by atoms with E-state index in [0.29, 0.717) is 24.3 Å². The maximum Gasteiger partial charge on any atom is 0.325 e. The molecule has 1 heterocycles. The molecule has 8 heteroatoms. The van der Waals surface area contributed by atoms with Crippen molar-refractivity contribution in [2.45, 2.75) is 50.6 Å². The van der Waals surface area contributed by atoms with Gasteiger partial charge >= 0.3 is 6.03 Å². The molecule has 2 aliphatic rings. The molecule has 1 atom stereocenters. The van der Waals surface area contributed by atoms with E-state index in [2.05, 4.69) is 10.6 Å². The third-order valence-corrected chi connectivity index (χ3v) is 5.55. The number of nitrogens with zero attached hydrogens (tertiary/aromatic N) is 1. The maximum absolute atomic E-state index is 12.6. The van der Waals surface area contributed by atoms with Crippen molar-refractivity contribution in [2.24, 2.45) is 0 Å². The quantitative estimate of drug-likeness (QED) is 0.697. The predicted molar refractivity (Wildman–Crippen MR) is 102 cm³/mol. The smallest absolute Gasteiger partial charge is 0.325 e. The van der Waals surface area contributed by atoms with Crippen molar-refractivity contribution in [1.29, 1.82) is 0 Å². The largest absolute Gasteiger partial charge is 0.497 e. The number of hydrogen-bond donors (Lipinski definition) is 2. The fourth-order valence-electron chi connectivity index (χ4n) is 3.98. The van der Waals surface area contributed by atoms with Gasteiger partial charge in [-0.05, 0) is 31.9 Å². The molecule has 1 aliphatic carbocycles. The summed E-state index contributed by atoms with van der Waals surface area (Å²) in [5.74, 6) is 0.842. The summed E-state index contributed by atoms with van der Waals surface area (Å²) in [7, 11) is 3.13. The van der Waals surface area contributed by atoms with E-state index in [9.17, 15) is 14.4 Å². The van der Waals surface area contributed by atoms with Gasteiger partial charge in [-0.3, -0.25) is 14.5 Å². The Morgan fingerprint density at radius 2 is 1.96 bits per heavy atom. The van der Waals surface area contributed by atoms with Gasteiger partial charge < -0.3 is 20.1 Å². The molecule has 2 N–H and O–H groups in total. The van der Waals surface area contributed by atoms with Crippen LogP contribution in [0.5, 0.6) is 11.5 Å². The highest BCUT2D eigenvalue weighted by Crippen LogP contribution is 2.35. The zero-order valence-corrected chi connectivity index (χ0v) is 16.5. The number of amides is 4. The second kappa shape index (κ2) is 8.08. The van der Waals surface area contributed by atoms with E-state index in [1.54, 1.807) is 26.4 Å². The number of methoxy groups -OCH3 is 2. The van der Waals surface area contributed by atoms with Gasteiger partial charge in [-0.1, -0.05) is 12.8 Å². The van der Waals surface area contributed by atoms with Gasteiger partial charge in [-0.2, -0.15) is 0 Å². The summed E-state index contributed by atoms with van der Waals surface area (Å²) in [4.78, 5) is 38.4. The predicted octanol–water partition coefficient (Wildman–Crippen LogP) is 2.14. The van der Waals surface area contributed by atoms with Crippen LogP contribution in [0.25, 0.3) is 0 Å². The van der Waals surface area contributed by atoms with Crippen LogP contribution in [-0.4, -0.2) is 49.0 Å². The van der Waals surface area contributed by atoms with Gasteiger partial charge in [-0.15, -0.1) is 0 Å². The second-order valence-electron chi connectivity index (χ2n) is 7.32. The Morgan fingerprint density at radius 3 is 2.61 bits per heavy atom. The zero-order chi connectivity index (χ0) is 20.3. The number of ether oxygens (including phenoxy) is 2. The van der Waals surface area contributed by atoms with E-state index < -0.39 is 11.6 Å². The van der Waals surface area contributed by atoms with Crippen LogP contribution >= 0.6 is 0 Å². The van der Waals surface area contributed by atoms with Crippen molar-refractivity contribution < 1.29 is 23.9 Å².